The number of carbonyl (C=O) groups is 3. The van der Waals surface area contributed by atoms with Crippen molar-refractivity contribution in [1.82, 2.24) is 0 Å². The fourth-order valence-electron chi connectivity index (χ4n) is 1.09. The standard InChI is InChI=1S/C6H8O6.C4H6O6/c7-1-2(8)5-3(9)4(10)6(11)12-5;5-1(3(7)8)2(6)4(9)10/h2,5,7-10H,1H2;1-2,5-6H,(H,7,8)(H,9,10)/t2-,5+;1-,2-/m01/s1. The highest BCUT2D eigenvalue weighted by Gasteiger charge is 2.38. The van der Waals surface area contributed by atoms with Crippen LogP contribution in [0.2, 0.25) is 0 Å². The first kappa shape index (κ1) is 19.6. The summed E-state index contributed by atoms with van der Waals surface area (Å²) >= 11 is 0. The summed E-state index contributed by atoms with van der Waals surface area (Å²) in [5, 5.41) is 67.6. The molecule has 0 radical (unpaired) electrons. The Hall–Kier alpha value is -2.41. The van der Waals surface area contributed by atoms with Crippen LogP contribution in [0.3, 0.4) is 0 Å². The van der Waals surface area contributed by atoms with Crippen molar-refractivity contribution in [3.05, 3.63) is 11.5 Å². The fraction of sp³-hybridized carbons (Fsp3) is 0.500. The van der Waals surface area contributed by atoms with Gasteiger partial charge in [-0.25, -0.2) is 14.4 Å². The van der Waals surface area contributed by atoms with Gasteiger partial charge in [-0.2, -0.15) is 0 Å². The number of carboxylic acids is 2. The zero-order valence-corrected chi connectivity index (χ0v) is 10.7. The number of aliphatic hydroxyl groups is 6. The van der Waals surface area contributed by atoms with E-state index in [9.17, 15) is 14.4 Å². The first-order valence-corrected chi connectivity index (χ1v) is 5.48. The lowest BCUT2D eigenvalue weighted by Crippen LogP contribution is -2.39. The van der Waals surface area contributed by atoms with Gasteiger partial charge in [-0.15, -0.1) is 0 Å². The normalized spacial score (nSPS) is 21.3. The van der Waals surface area contributed by atoms with E-state index in [4.69, 9.17) is 40.9 Å². The van der Waals surface area contributed by atoms with Crippen molar-refractivity contribution < 1.29 is 60.0 Å². The highest BCUT2D eigenvalue weighted by atomic mass is 16.6. The minimum atomic E-state index is -2.27. The highest BCUT2D eigenvalue weighted by molar-refractivity contribution is 5.89. The molecule has 12 heteroatoms. The van der Waals surface area contributed by atoms with Gasteiger partial charge in [-0.05, 0) is 0 Å². The molecule has 12 nitrogen and oxygen atoms in total. The number of ether oxygens (including phenoxy) is 1. The third-order valence-electron chi connectivity index (χ3n) is 2.28. The molecule has 0 aromatic heterocycles. The molecule has 1 aliphatic rings. The quantitative estimate of drug-likeness (QED) is 0.230. The number of carboxylic acid groups (broad SMARTS) is 2. The van der Waals surface area contributed by atoms with Crippen LogP contribution in [0.5, 0.6) is 0 Å². The molecule has 0 spiro atoms. The van der Waals surface area contributed by atoms with E-state index in [0.717, 1.165) is 0 Å². The molecule has 4 atom stereocenters. The van der Waals surface area contributed by atoms with E-state index in [1.54, 1.807) is 0 Å². The van der Waals surface area contributed by atoms with Gasteiger partial charge < -0.3 is 45.6 Å². The van der Waals surface area contributed by atoms with Crippen LogP contribution in [-0.4, -0.2) is 89.8 Å². The summed E-state index contributed by atoms with van der Waals surface area (Å²) in [6.45, 7) is -0.671. The van der Waals surface area contributed by atoms with E-state index in [1.165, 1.54) is 0 Å². The van der Waals surface area contributed by atoms with Crippen LogP contribution in [0.4, 0.5) is 0 Å². The predicted molar refractivity (Wildman–Crippen MR) is 62.5 cm³/mol. The number of aliphatic carboxylic acids is 2. The molecule has 1 rings (SSSR count). The van der Waals surface area contributed by atoms with E-state index in [2.05, 4.69) is 4.74 Å². The summed E-state index contributed by atoms with van der Waals surface area (Å²) in [7, 11) is 0. The zero-order chi connectivity index (χ0) is 17.6. The maximum Gasteiger partial charge on any atom is 0.377 e. The lowest BCUT2D eigenvalue weighted by Gasteiger charge is -2.13. The zero-order valence-electron chi connectivity index (χ0n) is 10.7. The van der Waals surface area contributed by atoms with Gasteiger partial charge in [0.25, 0.3) is 0 Å². The van der Waals surface area contributed by atoms with Crippen molar-refractivity contribution in [3.63, 3.8) is 0 Å². The van der Waals surface area contributed by atoms with E-state index in [-0.39, 0.29) is 0 Å². The summed E-state index contributed by atoms with van der Waals surface area (Å²) in [4.78, 5) is 30.1. The second-order valence-electron chi connectivity index (χ2n) is 3.88. The third kappa shape index (κ3) is 4.85. The second kappa shape index (κ2) is 8.14. The minimum absolute atomic E-state index is 0.671. The van der Waals surface area contributed by atoms with Crippen LogP contribution in [0.1, 0.15) is 0 Å². The fourth-order valence-corrected chi connectivity index (χ4v) is 1.09. The van der Waals surface area contributed by atoms with E-state index < -0.39 is 60.4 Å². The van der Waals surface area contributed by atoms with Crippen LogP contribution in [0.25, 0.3) is 0 Å². The van der Waals surface area contributed by atoms with Gasteiger partial charge in [0, 0.05) is 0 Å². The van der Waals surface area contributed by atoms with Crippen molar-refractivity contribution >= 4 is 17.9 Å². The van der Waals surface area contributed by atoms with Gasteiger partial charge in [-0.1, -0.05) is 0 Å². The molecule has 1 heterocycles. The summed E-state index contributed by atoms with van der Waals surface area (Å²) in [5.74, 6) is -6.32. The summed E-state index contributed by atoms with van der Waals surface area (Å²) in [5.41, 5.74) is 0. The Morgan fingerprint density at radius 2 is 1.45 bits per heavy atom. The highest BCUT2D eigenvalue weighted by Crippen LogP contribution is 2.20. The number of rotatable bonds is 5. The van der Waals surface area contributed by atoms with E-state index in [0.29, 0.717) is 0 Å². The lowest BCUT2D eigenvalue weighted by atomic mass is 10.2. The third-order valence-corrected chi connectivity index (χ3v) is 2.28. The van der Waals surface area contributed by atoms with E-state index in [1.807, 2.05) is 0 Å². The van der Waals surface area contributed by atoms with Crippen LogP contribution in [0.15, 0.2) is 11.5 Å². The summed E-state index contributed by atoms with van der Waals surface area (Å²) < 4.78 is 4.32. The predicted octanol–water partition coefficient (Wildman–Crippen LogP) is -3.53. The Morgan fingerprint density at radius 3 is 1.68 bits per heavy atom. The van der Waals surface area contributed by atoms with Gasteiger partial charge in [0.1, 0.15) is 6.10 Å². The Morgan fingerprint density at radius 1 is 1.05 bits per heavy atom. The van der Waals surface area contributed by atoms with Crippen molar-refractivity contribution in [1.29, 1.82) is 0 Å². The topological polar surface area (TPSA) is 222 Å². The number of carbonyl (C=O) groups excluding carboxylic acids is 1. The number of cyclic esters (lactones) is 1. The van der Waals surface area contributed by atoms with Crippen molar-refractivity contribution in [2.24, 2.45) is 0 Å². The lowest BCUT2D eigenvalue weighted by molar-refractivity contribution is -0.165. The molecular weight excluding hydrogens is 312 g/mol. The van der Waals surface area contributed by atoms with Crippen molar-refractivity contribution in [2.45, 2.75) is 24.4 Å². The molecule has 1 aliphatic heterocycles. The van der Waals surface area contributed by atoms with Crippen LogP contribution in [0, 0.1) is 0 Å². The average molecular weight is 326 g/mol. The second-order valence-corrected chi connectivity index (χ2v) is 3.88. The summed E-state index contributed by atoms with van der Waals surface area (Å²) in [6, 6.07) is 0. The van der Waals surface area contributed by atoms with Gasteiger partial charge in [0.2, 0.25) is 5.76 Å². The number of hydrogen-bond acceptors (Lipinski definition) is 10. The Bertz CT molecular complexity index is 451. The van der Waals surface area contributed by atoms with E-state index >= 15 is 0 Å². The Balaban J connectivity index is 0.000000409. The Labute approximate surface area is 121 Å². The molecule has 0 unspecified atom stereocenters. The van der Waals surface area contributed by atoms with Crippen molar-refractivity contribution in [3.8, 4) is 0 Å². The SMILES string of the molecule is O=C(O)[C@H](O)[C@@H](O)C(=O)O.O=C1O[C@H]([C@@H](O)CO)C(O)=C1O. The van der Waals surface area contributed by atoms with Gasteiger partial charge in [-0.3, -0.25) is 0 Å². The summed E-state index contributed by atoms with van der Waals surface area (Å²) in [6.07, 6.45) is -7.31. The molecular formula is C10H14O12. The molecule has 0 amide bonds. The first-order valence-electron chi connectivity index (χ1n) is 5.48. The smallest absolute Gasteiger partial charge is 0.377 e. The van der Waals surface area contributed by atoms with Crippen LogP contribution in [-0.2, 0) is 19.1 Å². The monoisotopic (exact) mass is 326 g/mol. The Kier molecular flexibility index (Phi) is 7.24. The molecule has 8 N–H and O–H groups in total. The van der Waals surface area contributed by atoms with Gasteiger partial charge in [0.05, 0.1) is 6.61 Å². The maximum absolute atomic E-state index is 10.5. The molecule has 22 heavy (non-hydrogen) atoms. The van der Waals surface area contributed by atoms with Gasteiger partial charge >= 0.3 is 17.9 Å². The molecule has 0 aromatic rings. The molecule has 126 valence electrons. The molecule has 0 aliphatic carbocycles. The van der Waals surface area contributed by atoms with Gasteiger partial charge in [0.15, 0.2) is 24.1 Å². The molecule has 0 saturated heterocycles. The average Bonchev–Trinajstić information content (AvgIpc) is 2.72. The number of aliphatic hydroxyl groups excluding tert-OH is 6. The number of esters is 1. The van der Waals surface area contributed by atoms with Crippen LogP contribution >= 0.6 is 0 Å². The molecule has 0 aromatic carbocycles. The molecule has 0 bridgehead atoms. The largest absolute Gasteiger partial charge is 0.505 e. The minimum Gasteiger partial charge on any atom is -0.505 e. The maximum atomic E-state index is 10.5. The van der Waals surface area contributed by atoms with Crippen LogP contribution < -0.4 is 0 Å². The molecule has 0 saturated carbocycles. The first-order chi connectivity index (χ1) is 10.0. The molecule has 0 fully saturated rings. The van der Waals surface area contributed by atoms with Crippen molar-refractivity contribution in [2.75, 3.05) is 6.61 Å². The number of hydrogen-bond donors (Lipinski definition) is 8.